The van der Waals surface area contributed by atoms with Gasteiger partial charge in [-0.15, -0.1) is 0 Å². The maximum atomic E-state index is 13.0. The summed E-state index contributed by atoms with van der Waals surface area (Å²) in [6.45, 7) is 0. The maximum absolute atomic E-state index is 13.0. The lowest BCUT2D eigenvalue weighted by atomic mass is 9.99. The van der Waals surface area contributed by atoms with Gasteiger partial charge in [0, 0.05) is 6.42 Å². The van der Waals surface area contributed by atoms with E-state index in [-0.39, 0.29) is 12.8 Å². The molecule has 0 aliphatic heterocycles. The van der Waals surface area contributed by atoms with Crippen LogP contribution >= 0.6 is 0 Å². The fourth-order valence-corrected chi connectivity index (χ4v) is 3.86. The molecular formula is C28H28F3N3O3. The first-order chi connectivity index (χ1) is 17.6. The Morgan fingerprint density at radius 3 is 1.86 bits per heavy atom. The number of rotatable bonds is 11. The summed E-state index contributed by atoms with van der Waals surface area (Å²) in [5.41, 5.74) is 8.84. The second-order valence-electron chi connectivity index (χ2n) is 8.63. The van der Waals surface area contributed by atoms with Crippen molar-refractivity contribution in [2.24, 2.45) is 5.73 Å². The molecule has 9 heteroatoms. The van der Waals surface area contributed by atoms with Gasteiger partial charge in [-0.05, 0) is 41.5 Å². The molecule has 0 saturated heterocycles. The molecule has 37 heavy (non-hydrogen) atoms. The third-order valence-corrected chi connectivity index (χ3v) is 5.84. The normalized spacial score (nSPS) is 12.8. The molecule has 6 nitrogen and oxygen atoms in total. The van der Waals surface area contributed by atoms with Crippen LogP contribution in [-0.4, -0.2) is 36.0 Å². The Balaban J connectivity index is 1.70. The molecule has 0 bridgehead atoms. The number of primary amides is 1. The Labute approximate surface area is 213 Å². The third-order valence-electron chi connectivity index (χ3n) is 5.84. The first-order valence-electron chi connectivity index (χ1n) is 11.8. The van der Waals surface area contributed by atoms with Gasteiger partial charge < -0.3 is 16.4 Å². The highest BCUT2D eigenvalue weighted by Crippen LogP contribution is 2.20. The molecule has 3 amide bonds. The number of carbonyl (C=O) groups excluding carboxylic acids is 3. The SMILES string of the molecule is NC(=O)[C@H](CCCc1ccccc1)NC(=O)[C@H](Cc1ccc(-c2ccccc2)cc1)NC(=O)C(F)(F)F. The second-order valence-corrected chi connectivity index (χ2v) is 8.63. The standard InChI is InChI=1S/C28H28F3N3O3/c29-28(30,31)27(37)34-24(18-20-14-16-22(17-15-20)21-11-5-2-6-12-21)26(36)33-23(25(32)35)13-7-10-19-8-3-1-4-9-19/h1-6,8-9,11-12,14-17,23-24H,7,10,13,18H2,(H2,32,35)(H,33,36)(H,34,37)/t23-,24-/m0/s1. The first kappa shape index (κ1) is 27.4. The molecule has 0 radical (unpaired) electrons. The number of nitrogens with two attached hydrogens (primary N) is 1. The van der Waals surface area contributed by atoms with Crippen molar-refractivity contribution in [2.45, 2.75) is 43.9 Å². The van der Waals surface area contributed by atoms with E-state index >= 15 is 0 Å². The summed E-state index contributed by atoms with van der Waals surface area (Å²) in [4.78, 5) is 36.5. The molecule has 0 aliphatic carbocycles. The average Bonchev–Trinajstić information content (AvgIpc) is 2.88. The maximum Gasteiger partial charge on any atom is 0.471 e. The molecule has 3 aromatic carbocycles. The molecule has 0 aliphatic rings. The van der Waals surface area contributed by atoms with Gasteiger partial charge in [0.1, 0.15) is 12.1 Å². The van der Waals surface area contributed by atoms with E-state index < -0.39 is 36.0 Å². The zero-order valence-electron chi connectivity index (χ0n) is 20.0. The van der Waals surface area contributed by atoms with E-state index in [1.165, 1.54) is 0 Å². The van der Waals surface area contributed by atoms with Crippen LogP contribution in [-0.2, 0) is 27.2 Å². The minimum atomic E-state index is -5.17. The van der Waals surface area contributed by atoms with Crippen molar-refractivity contribution in [3.05, 3.63) is 96.1 Å². The second kappa shape index (κ2) is 12.7. The lowest BCUT2D eigenvalue weighted by Gasteiger charge is -2.22. The van der Waals surface area contributed by atoms with Crippen molar-refractivity contribution in [3.8, 4) is 11.1 Å². The fraction of sp³-hybridized carbons (Fsp3) is 0.250. The Morgan fingerprint density at radius 2 is 1.30 bits per heavy atom. The predicted molar refractivity (Wildman–Crippen MR) is 134 cm³/mol. The van der Waals surface area contributed by atoms with Crippen molar-refractivity contribution in [1.29, 1.82) is 0 Å². The van der Waals surface area contributed by atoms with E-state index in [1.54, 1.807) is 29.6 Å². The molecule has 0 heterocycles. The molecule has 194 valence electrons. The van der Waals surface area contributed by atoms with Crippen LogP contribution in [0.5, 0.6) is 0 Å². The van der Waals surface area contributed by atoms with E-state index in [2.05, 4.69) is 5.32 Å². The fourth-order valence-electron chi connectivity index (χ4n) is 3.86. The molecule has 0 fully saturated rings. The van der Waals surface area contributed by atoms with Crippen molar-refractivity contribution < 1.29 is 27.6 Å². The van der Waals surface area contributed by atoms with Crippen molar-refractivity contribution in [3.63, 3.8) is 0 Å². The Kier molecular flexibility index (Phi) is 9.43. The summed E-state index contributed by atoms with van der Waals surface area (Å²) >= 11 is 0. The lowest BCUT2D eigenvalue weighted by Crippen LogP contribution is -2.55. The van der Waals surface area contributed by atoms with Gasteiger partial charge in [-0.25, -0.2) is 0 Å². The highest BCUT2D eigenvalue weighted by atomic mass is 19.4. The number of alkyl halides is 3. The highest BCUT2D eigenvalue weighted by molar-refractivity contribution is 5.92. The summed E-state index contributed by atoms with van der Waals surface area (Å²) in [6, 6.07) is 23.2. The van der Waals surface area contributed by atoms with Gasteiger partial charge in [-0.2, -0.15) is 13.2 Å². The van der Waals surface area contributed by atoms with E-state index in [0.29, 0.717) is 18.4 Å². The Hall–Kier alpha value is -4.14. The summed E-state index contributed by atoms with van der Waals surface area (Å²) in [5.74, 6) is -3.98. The van der Waals surface area contributed by atoms with Gasteiger partial charge in [-0.1, -0.05) is 84.9 Å². The number of amides is 3. The van der Waals surface area contributed by atoms with Crippen molar-refractivity contribution in [2.75, 3.05) is 0 Å². The van der Waals surface area contributed by atoms with Crippen LogP contribution in [0.4, 0.5) is 13.2 Å². The molecule has 0 saturated carbocycles. The van der Waals surface area contributed by atoms with E-state index in [4.69, 9.17) is 5.73 Å². The summed E-state index contributed by atoms with van der Waals surface area (Å²) in [6.07, 6.45) is -4.05. The average molecular weight is 512 g/mol. The van der Waals surface area contributed by atoms with Crippen LogP contribution < -0.4 is 16.4 Å². The topological polar surface area (TPSA) is 101 Å². The number of nitrogens with one attached hydrogen (secondary N) is 2. The summed E-state index contributed by atoms with van der Waals surface area (Å²) < 4.78 is 38.9. The molecule has 3 aromatic rings. The number of aryl methyl sites for hydroxylation is 1. The van der Waals surface area contributed by atoms with Crippen LogP contribution in [0.15, 0.2) is 84.9 Å². The van der Waals surface area contributed by atoms with Crippen LogP contribution in [0.3, 0.4) is 0 Å². The highest BCUT2D eigenvalue weighted by Gasteiger charge is 2.41. The number of hydrogen-bond donors (Lipinski definition) is 3. The van der Waals surface area contributed by atoms with E-state index in [0.717, 1.165) is 16.7 Å². The zero-order valence-corrected chi connectivity index (χ0v) is 20.0. The van der Waals surface area contributed by atoms with Gasteiger partial charge in [-0.3, -0.25) is 14.4 Å². The lowest BCUT2D eigenvalue weighted by molar-refractivity contribution is -0.174. The van der Waals surface area contributed by atoms with Crippen LogP contribution in [0.25, 0.3) is 11.1 Å². The largest absolute Gasteiger partial charge is 0.471 e. The Morgan fingerprint density at radius 1 is 0.730 bits per heavy atom. The van der Waals surface area contributed by atoms with Crippen LogP contribution in [0.1, 0.15) is 24.0 Å². The third kappa shape index (κ3) is 8.49. The van der Waals surface area contributed by atoms with E-state index in [9.17, 15) is 27.6 Å². The molecule has 2 atom stereocenters. The molecule has 4 N–H and O–H groups in total. The minimum Gasteiger partial charge on any atom is -0.368 e. The van der Waals surface area contributed by atoms with Crippen LogP contribution in [0, 0.1) is 0 Å². The smallest absolute Gasteiger partial charge is 0.368 e. The quantitative estimate of drug-likeness (QED) is 0.364. The molecule has 0 spiro atoms. The first-order valence-corrected chi connectivity index (χ1v) is 11.8. The monoisotopic (exact) mass is 511 g/mol. The molecule has 0 unspecified atom stereocenters. The number of hydrogen-bond acceptors (Lipinski definition) is 3. The summed E-state index contributed by atoms with van der Waals surface area (Å²) in [5, 5.41) is 4.17. The summed E-state index contributed by atoms with van der Waals surface area (Å²) in [7, 11) is 0. The zero-order chi connectivity index (χ0) is 26.8. The predicted octanol–water partition coefficient (Wildman–Crippen LogP) is 3.94. The van der Waals surface area contributed by atoms with Gasteiger partial charge in [0.2, 0.25) is 11.8 Å². The van der Waals surface area contributed by atoms with E-state index in [1.807, 2.05) is 60.7 Å². The van der Waals surface area contributed by atoms with Gasteiger partial charge >= 0.3 is 12.1 Å². The minimum absolute atomic E-state index is 0.196. The Bertz CT molecular complexity index is 1180. The number of carbonyl (C=O) groups is 3. The number of halogens is 3. The van der Waals surface area contributed by atoms with Crippen molar-refractivity contribution in [1.82, 2.24) is 10.6 Å². The molecule has 3 rings (SSSR count). The molecular weight excluding hydrogens is 483 g/mol. The van der Waals surface area contributed by atoms with Gasteiger partial charge in [0.25, 0.3) is 0 Å². The van der Waals surface area contributed by atoms with Crippen molar-refractivity contribution >= 4 is 17.7 Å². The van der Waals surface area contributed by atoms with Gasteiger partial charge in [0.15, 0.2) is 0 Å². The molecule has 0 aromatic heterocycles. The van der Waals surface area contributed by atoms with Gasteiger partial charge in [0.05, 0.1) is 0 Å². The number of benzene rings is 3. The van der Waals surface area contributed by atoms with Crippen LogP contribution in [0.2, 0.25) is 0 Å².